The molecule has 2 rings (SSSR count). The van der Waals surface area contributed by atoms with Crippen LogP contribution < -0.4 is 5.32 Å². The SMILES string of the molecule is CCNC(CC1CCOCC1)c1cscn1. The highest BCUT2D eigenvalue weighted by atomic mass is 32.1. The maximum atomic E-state index is 5.40. The van der Waals surface area contributed by atoms with Crippen LogP contribution in [0.2, 0.25) is 0 Å². The van der Waals surface area contributed by atoms with Crippen LogP contribution in [0.4, 0.5) is 0 Å². The third kappa shape index (κ3) is 3.27. The van der Waals surface area contributed by atoms with Gasteiger partial charge < -0.3 is 10.1 Å². The number of ether oxygens (including phenoxy) is 1. The lowest BCUT2D eigenvalue weighted by atomic mass is 9.91. The van der Waals surface area contributed by atoms with Crippen molar-refractivity contribution in [1.29, 1.82) is 0 Å². The van der Waals surface area contributed by atoms with Crippen LogP contribution in [-0.4, -0.2) is 24.7 Å². The summed E-state index contributed by atoms with van der Waals surface area (Å²) in [6.07, 6.45) is 3.60. The molecule has 2 heterocycles. The van der Waals surface area contributed by atoms with Crippen LogP contribution in [0.25, 0.3) is 0 Å². The van der Waals surface area contributed by atoms with E-state index in [9.17, 15) is 0 Å². The minimum absolute atomic E-state index is 0.430. The van der Waals surface area contributed by atoms with Gasteiger partial charge in [-0.3, -0.25) is 0 Å². The number of thiazole rings is 1. The smallest absolute Gasteiger partial charge is 0.0795 e. The first-order chi connectivity index (χ1) is 7.90. The van der Waals surface area contributed by atoms with E-state index in [1.54, 1.807) is 11.3 Å². The monoisotopic (exact) mass is 240 g/mol. The van der Waals surface area contributed by atoms with Crippen molar-refractivity contribution >= 4 is 11.3 Å². The molecular weight excluding hydrogens is 220 g/mol. The van der Waals surface area contributed by atoms with Gasteiger partial charge in [0.05, 0.1) is 17.2 Å². The highest BCUT2D eigenvalue weighted by molar-refractivity contribution is 7.07. The number of hydrogen-bond donors (Lipinski definition) is 1. The van der Waals surface area contributed by atoms with Crippen molar-refractivity contribution in [3.05, 3.63) is 16.6 Å². The van der Waals surface area contributed by atoms with Crippen molar-refractivity contribution in [3.63, 3.8) is 0 Å². The van der Waals surface area contributed by atoms with E-state index in [1.807, 2.05) is 5.51 Å². The zero-order valence-electron chi connectivity index (χ0n) is 9.82. The zero-order chi connectivity index (χ0) is 11.2. The average Bonchev–Trinajstić information content (AvgIpc) is 2.83. The van der Waals surface area contributed by atoms with Crippen LogP contribution in [0.5, 0.6) is 0 Å². The third-order valence-electron chi connectivity index (χ3n) is 3.17. The summed E-state index contributed by atoms with van der Waals surface area (Å²) in [4.78, 5) is 4.43. The lowest BCUT2D eigenvalue weighted by Crippen LogP contribution is -2.26. The van der Waals surface area contributed by atoms with Crippen LogP contribution in [-0.2, 0) is 4.74 Å². The molecule has 1 saturated heterocycles. The van der Waals surface area contributed by atoms with Gasteiger partial charge in [0.2, 0.25) is 0 Å². The van der Waals surface area contributed by atoms with E-state index < -0.39 is 0 Å². The number of aromatic nitrogens is 1. The predicted molar refractivity (Wildman–Crippen MR) is 66.7 cm³/mol. The van der Waals surface area contributed by atoms with Crippen molar-refractivity contribution in [2.24, 2.45) is 5.92 Å². The fourth-order valence-electron chi connectivity index (χ4n) is 2.26. The van der Waals surface area contributed by atoms with Crippen LogP contribution in [0.1, 0.15) is 37.9 Å². The minimum Gasteiger partial charge on any atom is -0.381 e. The second-order valence-corrected chi connectivity index (χ2v) is 5.03. The van der Waals surface area contributed by atoms with Gasteiger partial charge in [0.15, 0.2) is 0 Å². The molecule has 0 spiro atoms. The van der Waals surface area contributed by atoms with E-state index in [0.29, 0.717) is 6.04 Å². The van der Waals surface area contributed by atoms with Gasteiger partial charge in [0, 0.05) is 18.6 Å². The number of nitrogens with zero attached hydrogens (tertiary/aromatic N) is 1. The largest absolute Gasteiger partial charge is 0.381 e. The molecule has 1 N–H and O–H groups in total. The summed E-state index contributed by atoms with van der Waals surface area (Å²) in [6.45, 7) is 5.02. The second-order valence-electron chi connectivity index (χ2n) is 4.32. The molecule has 16 heavy (non-hydrogen) atoms. The molecule has 1 aliphatic heterocycles. The minimum atomic E-state index is 0.430. The molecule has 0 aliphatic carbocycles. The molecule has 0 radical (unpaired) electrons. The normalized spacial score (nSPS) is 19.8. The van der Waals surface area contributed by atoms with Gasteiger partial charge in [-0.2, -0.15) is 0 Å². The standard InChI is InChI=1S/C12H20N2OS/c1-2-13-11(12-8-16-9-14-12)7-10-3-5-15-6-4-10/h8-11,13H,2-7H2,1H3. The summed E-state index contributed by atoms with van der Waals surface area (Å²) >= 11 is 1.68. The summed E-state index contributed by atoms with van der Waals surface area (Å²) in [6, 6.07) is 0.430. The summed E-state index contributed by atoms with van der Waals surface area (Å²) in [5.41, 5.74) is 3.13. The first-order valence-electron chi connectivity index (χ1n) is 6.09. The van der Waals surface area contributed by atoms with Crippen LogP contribution >= 0.6 is 11.3 Å². The number of nitrogens with one attached hydrogen (secondary N) is 1. The van der Waals surface area contributed by atoms with E-state index in [2.05, 4.69) is 22.6 Å². The van der Waals surface area contributed by atoms with E-state index >= 15 is 0 Å². The Morgan fingerprint density at radius 2 is 2.38 bits per heavy atom. The van der Waals surface area contributed by atoms with E-state index in [0.717, 1.165) is 25.7 Å². The zero-order valence-corrected chi connectivity index (χ0v) is 10.6. The molecular formula is C12H20N2OS. The Balaban J connectivity index is 1.91. The van der Waals surface area contributed by atoms with Crippen molar-refractivity contribution in [2.75, 3.05) is 19.8 Å². The topological polar surface area (TPSA) is 34.1 Å². The Morgan fingerprint density at radius 1 is 1.56 bits per heavy atom. The molecule has 1 aromatic rings. The first-order valence-corrected chi connectivity index (χ1v) is 7.03. The quantitative estimate of drug-likeness (QED) is 0.859. The summed E-state index contributed by atoms with van der Waals surface area (Å²) in [5, 5.41) is 5.70. The maximum Gasteiger partial charge on any atom is 0.0795 e. The molecule has 90 valence electrons. The molecule has 0 bridgehead atoms. The van der Waals surface area contributed by atoms with Gasteiger partial charge >= 0.3 is 0 Å². The molecule has 0 amide bonds. The molecule has 1 atom stereocenters. The van der Waals surface area contributed by atoms with Crippen LogP contribution in [0.15, 0.2) is 10.9 Å². The van der Waals surface area contributed by atoms with Gasteiger partial charge in [0.1, 0.15) is 0 Å². The van der Waals surface area contributed by atoms with Gasteiger partial charge in [-0.05, 0) is 31.7 Å². The first kappa shape index (κ1) is 12.0. The Bertz CT molecular complexity index is 283. The van der Waals surface area contributed by atoms with Gasteiger partial charge in [-0.25, -0.2) is 4.98 Å². The van der Waals surface area contributed by atoms with E-state index in [1.165, 1.54) is 25.0 Å². The Kier molecular flexibility index (Phi) is 4.75. The van der Waals surface area contributed by atoms with Gasteiger partial charge in [-0.1, -0.05) is 6.92 Å². The molecule has 0 aromatic carbocycles. The molecule has 1 fully saturated rings. The van der Waals surface area contributed by atoms with Crippen molar-refractivity contribution in [2.45, 2.75) is 32.2 Å². The molecule has 1 aliphatic rings. The van der Waals surface area contributed by atoms with E-state index in [4.69, 9.17) is 4.74 Å². The fraction of sp³-hybridized carbons (Fsp3) is 0.750. The van der Waals surface area contributed by atoms with E-state index in [-0.39, 0.29) is 0 Å². The van der Waals surface area contributed by atoms with Gasteiger partial charge in [-0.15, -0.1) is 11.3 Å². The van der Waals surface area contributed by atoms with Crippen molar-refractivity contribution in [1.82, 2.24) is 10.3 Å². The van der Waals surface area contributed by atoms with Crippen molar-refractivity contribution < 1.29 is 4.74 Å². The van der Waals surface area contributed by atoms with Crippen LogP contribution in [0, 0.1) is 5.92 Å². The maximum absolute atomic E-state index is 5.40. The average molecular weight is 240 g/mol. The Morgan fingerprint density at radius 3 is 3.00 bits per heavy atom. The molecule has 0 saturated carbocycles. The summed E-state index contributed by atoms with van der Waals surface area (Å²) in [7, 11) is 0. The predicted octanol–water partition coefficient (Wildman–Crippen LogP) is 2.61. The number of rotatable bonds is 5. The fourth-order valence-corrected chi connectivity index (χ4v) is 2.87. The summed E-state index contributed by atoms with van der Waals surface area (Å²) < 4.78 is 5.40. The molecule has 1 aromatic heterocycles. The molecule has 4 heteroatoms. The summed E-state index contributed by atoms with van der Waals surface area (Å²) in [5.74, 6) is 0.791. The highest BCUT2D eigenvalue weighted by Gasteiger charge is 2.20. The Labute approximate surface area is 101 Å². The number of hydrogen-bond acceptors (Lipinski definition) is 4. The molecule has 1 unspecified atom stereocenters. The lowest BCUT2D eigenvalue weighted by molar-refractivity contribution is 0.0604. The van der Waals surface area contributed by atoms with Crippen molar-refractivity contribution in [3.8, 4) is 0 Å². The third-order valence-corrected chi connectivity index (χ3v) is 3.77. The lowest BCUT2D eigenvalue weighted by Gasteiger charge is -2.26. The van der Waals surface area contributed by atoms with Crippen LogP contribution in [0.3, 0.4) is 0 Å². The van der Waals surface area contributed by atoms with Gasteiger partial charge in [0.25, 0.3) is 0 Å². The highest BCUT2D eigenvalue weighted by Crippen LogP contribution is 2.27. The molecule has 3 nitrogen and oxygen atoms in total. The Hall–Kier alpha value is -0.450. The second kappa shape index (κ2) is 6.33.